The standard InChI is InChI=1S/C15H19NO4S/c17-14(18)7-10-8-16(5-6-20-10)15(19)12-9-21-13-4-2-1-3-11(12)13/h9-10H,1-8H2,(H,17,18). The minimum Gasteiger partial charge on any atom is -0.481 e. The molecule has 1 aliphatic heterocycles. The number of hydrogen-bond acceptors (Lipinski definition) is 4. The number of nitrogens with zero attached hydrogens (tertiary/aromatic N) is 1. The van der Waals surface area contributed by atoms with Crippen LogP contribution in [0.2, 0.25) is 0 Å². The third kappa shape index (κ3) is 3.11. The maximum absolute atomic E-state index is 12.7. The Bertz CT molecular complexity index is 554. The number of rotatable bonds is 3. The Balaban J connectivity index is 1.72. The molecule has 1 aliphatic carbocycles. The number of aryl methyl sites for hydroxylation is 1. The first-order chi connectivity index (χ1) is 10.1. The molecule has 2 heterocycles. The van der Waals surface area contributed by atoms with Crippen LogP contribution in [-0.4, -0.2) is 47.7 Å². The smallest absolute Gasteiger partial charge is 0.306 e. The molecule has 5 nitrogen and oxygen atoms in total. The van der Waals surface area contributed by atoms with Gasteiger partial charge < -0.3 is 14.7 Å². The van der Waals surface area contributed by atoms with E-state index in [4.69, 9.17) is 9.84 Å². The minimum atomic E-state index is -0.887. The van der Waals surface area contributed by atoms with E-state index >= 15 is 0 Å². The van der Waals surface area contributed by atoms with Crippen molar-refractivity contribution in [3.05, 3.63) is 21.4 Å². The van der Waals surface area contributed by atoms with Gasteiger partial charge in [0, 0.05) is 23.3 Å². The number of morpholine rings is 1. The molecule has 1 atom stereocenters. The highest BCUT2D eigenvalue weighted by molar-refractivity contribution is 7.10. The Labute approximate surface area is 127 Å². The number of carboxylic acids is 1. The lowest BCUT2D eigenvalue weighted by atomic mass is 9.95. The fourth-order valence-corrected chi connectivity index (χ4v) is 4.19. The zero-order valence-corrected chi connectivity index (χ0v) is 12.7. The van der Waals surface area contributed by atoms with Gasteiger partial charge in [-0.2, -0.15) is 0 Å². The molecule has 1 unspecified atom stereocenters. The van der Waals surface area contributed by atoms with Crippen LogP contribution >= 0.6 is 11.3 Å². The molecule has 0 bridgehead atoms. The zero-order valence-electron chi connectivity index (χ0n) is 11.8. The molecule has 0 radical (unpaired) electrons. The molecular formula is C15H19NO4S. The topological polar surface area (TPSA) is 66.8 Å². The molecule has 114 valence electrons. The molecule has 0 saturated carbocycles. The zero-order chi connectivity index (χ0) is 14.8. The predicted octanol–water partition coefficient (Wildman–Crippen LogP) is 1.94. The largest absolute Gasteiger partial charge is 0.481 e. The van der Waals surface area contributed by atoms with Crippen LogP contribution in [0.5, 0.6) is 0 Å². The lowest BCUT2D eigenvalue weighted by Gasteiger charge is -2.32. The van der Waals surface area contributed by atoms with E-state index in [2.05, 4.69) is 0 Å². The van der Waals surface area contributed by atoms with Gasteiger partial charge in [0.25, 0.3) is 5.91 Å². The Morgan fingerprint density at radius 2 is 2.19 bits per heavy atom. The van der Waals surface area contributed by atoms with Crippen molar-refractivity contribution in [2.45, 2.75) is 38.2 Å². The van der Waals surface area contributed by atoms with Gasteiger partial charge in [-0.1, -0.05) is 0 Å². The van der Waals surface area contributed by atoms with Gasteiger partial charge in [0.1, 0.15) is 0 Å². The fourth-order valence-electron chi connectivity index (χ4n) is 3.07. The van der Waals surface area contributed by atoms with Crippen LogP contribution in [0.15, 0.2) is 5.38 Å². The number of amides is 1. The third-order valence-electron chi connectivity index (χ3n) is 4.12. The third-order valence-corrected chi connectivity index (χ3v) is 5.21. The summed E-state index contributed by atoms with van der Waals surface area (Å²) in [7, 11) is 0. The summed E-state index contributed by atoms with van der Waals surface area (Å²) in [6.45, 7) is 1.32. The van der Waals surface area contributed by atoms with Crippen LogP contribution in [0.4, 0.5) is 0 Å². The van der Waals surface area contributed by atoms with Crippen molar-refractivity contribution in [3.8, 4) is 0 Å². The highest BCUT2D eigenvalue weighted by atomic mass is 32.1. The number of carboxylic acid groups (broad SMARTS) is 1. The number of hydrogen-bond donors (Lipinski definition) is 1. The number of aliphatic carboxylic acids is 1. The fraction of sp³-hybridized carbons (Fsp3) is 0.600. The number of thiophene rings is 1. The molecule has 2 aliphatic rings. The van der Waals surface area contributed by atoms with Crippen molar-refractivity contribution >= 4 is 23.2 Å². The quantitative estimate of drug-likeness (QED) is 0.926. The molecular weight excluding hydrogens is 290 g/mol. The molecule has 1 aromatic rings. The molecule has 1 N–H and O–H groups in total. The lowest BCUT2D eigenvalue weighted by Crippen LogP contribution is -2.46. The van der Waals surface area contributed by atoms with Gasteiger partial charge in [0.2, 0.25) is 0 Å². The summed E-state index contributed by atoms with van der Waals surface area (Å²) < 4.78 is 5.43. The van der Waals surface area contributed by atoms with E-state index in [-0.39, 0.29) is 12.3 Å². The van der Waals surface area contributed by atoms with Crippen LogP contribution in [0.1, 0.15) is 40.1 Å². The maximum Gasteiger partial charge on any atom is 0.306 e. The van der Waals surface area contributed by atoms with Crippen molar-refractivity contribution in [1.82, 2.24) is 4.90 Å². The maximum atomic E-state index is 12.7. The van der Waals surface area contributed by atoms with Gasteiger partial charge in [0.15, 0.2) is 0 Å². The second kappa shape index (κ2) is 6.15. The van der Waals surface area contributed by atoms with E-state index in [1.807, 2.05) is 5.38 Å². The number of carbonyl (C=O) groups excluding carboxylic acids is 1. The minimum absolute atomic E-state index is 0.0353. The first kappa shape index (κ1) is 14.5. The molecule has 21 heavy (non-hydrogen) atoms. The highest BCUT2D eigenvalue weighted by Crippen LogP contribution is 2.31. The Kier molecular flexibility index (Phi) is 4.26. The summed E-state index contributed by atoms with van der Waals surface area (Å²) in [6.07, 6.45) is 3.98. The second-order valence-electron chi connectivity index (χ2n) is 5.60. The van der Waals surface area contributed by atoms with E-state index in [9.17, 15) is 9.59 Å². The van der Waals surface area contributed by atoms with Crippen LogP contribution in [-0.2, 0) is 22.4 Å². The van der Waals surface area contributed by atoms with E-state index < -0.39 is 12.1 Å². The predicted molar refractivity (Wildman–Crippen MR) is 78.9 cm³/mol. The Hall–Kier alpha value is -1.40. The molecule has 0 aromatic carbocycles. The number of fused-ring (bicyclic) bond motifs is 1. The van der Waals surface area contributed by atoms with Crippen LogP contribution < -0.4 is 0 Å². The van der Waals surface area contributed by atoms with E-state index in [1.165, 1.54) is 16.9 Å². The molecule has 6 heteroatoms. The van der Waals surface area contributed by atoms with E-state index in [0.29, 0.717) is 19.7 Å². The summed E-state index contributed by atoms with van der Waals surface area (Å²) >= 11 is 1.68. The van der Waals surface area contributed by atoms with E-state index in [0.717, 1.165) is 24.8 Å². The first-order valence-electron chi connectivity index (χ1n) is 7.37. The van der Waals surface area contributed by atoms with Crippen LogP contribution in [0, 0.1) is 0 Å². The monoisotopic (exact) mass is 309 g/mol. The Morgan fingerprint density at radius 1 is 1.38 bits per heavy atom. The van der Waals surface area contributed by atoms with Crippen molar-refractivity contribution in [1.29, 1.82) is 0 Å². The highest BCUT2D eigenvalue weighted by Gasteiger charge is 2.29. The van der Waals surface area contributed by atoms with Gasteiger partial charge >= 0.3 is 5.97 Å². The summed E-state index contributed by atoms with van der Waals surface area (Å²) in [5.74, 6) is -0.852. The molecule has 1 aromatic heterocycles. The molecule has 1 fully saturated rings. The summed E-state index contributed by atoms with van der Waals surface area (Å²) in [5, 5.41) is 10.8. The molecule has 3 rings (SSSR count). The second-order valence-corrected chi connectivity index (χ2v) is 6.56. The van der Waals surface area contributed by atoms with Gasteiger partial charge in [0.05, 0.1) is 24.7 Å². The van der Waals surface area contributed by atoms with Crippen molar-refractivity contribution < 1.29 is 19.4 Å². The molecule has 1 amide bonds. The van der Waals surface area contributed by atoms with Gasteiger partial charge in [-0.3, -0.25) is 9.59 Å². The van der Waals surface area contributed by atoms with Gasteiger partial charge in [-0.15, -0.1) is 11.3 Å². The lowest BCUT2D eigenvalue weighted by molar-refractivity contribution is -0.141. The normalized spacial score (nSPS) is 21.9. The summed E-state index contributed by atoms with van der Waals surface area (Å²) in [4.78, 5) is 26.6. The number of ether oxygens (including phenoxy) is 1. The van der Waals surface area contributed by atoms with Gasteiger partial charge in [-0.25, -0.2) is 0 Å². The number of carbonyl (C=O) groups is 2. The SMILES string of the molecule is O=C(O)CC1CN(C(=O)c2csc3c2CCCC3)CCO1. The van der Waals surface area contributed by atoms with Crippen molar-refractivity contribution in [2.75, 3.05) is 19.7 Å². The molecule has 0 spiro atoms. The van der Waals surface area contributed by atoms with Gasteiger partial charge in [-0.05, 0) is 31.2 Å². The average Bonchev–Trinajstić information content (AvgIpc) is 2.90. The first-order valence-corrected chi connectivity index (χ1v) is 8.25. The van der Waals surface area contributed by atoms with Crippen LogP contribution in [0.3, 0.4) is 0 Å². The van der Waals surface area contributed by atoms with Crippen molar-refractivity contribution in [3.63, 3.8) is 0 Å². The van der Waals surface area contributed by atoms with E-state index in [1.54, 1.807) is 16.2 Å². The van der Waals surface area contributed by atoms with Crippen molar-refractivity contribution in [2.24, 2.45) is 0 Å². The average molecular weight is 309 g/mol. The molecule has 1 saturated heterocycles. The Morgan fingerprint density at radius 3 is 3.00 bits per heavy atom. The van der Waals surface area contributed by atoms with Crippen LogP contribution in [0.25, 0.3) is 0 Å². The summed E-state index contributed by atoms with van der Waals surface area (Å²) in [6, 6.07) is 0. The summed E-state index contributed by atoms with van der Waals surface area (Å²) in [5.41, 5.74) is 2.04.